The van der Waals surface area contributed by atoms with Crippen LogP contribution in [-0.2, 0) is 0 Å². The summed E-state index contributed by atoms with van der Waals surface area (Å²) >= 11 is 0. The van der Waals surface area contributed by atoms with Crippen LogP contribution in [0.15, 0.2) is 243 Å². The first-order chi connectivity index (χ1) is 32.7. The van der Waals surface area contributed by atoms with Crippen LogP contribution in [0.2, 0.25) is 0 Å². The van der Waals surface area contributed by atoms with Gasteiger partial charge in [0.2, 0.25) is 0 Å². The molecule has 0 amide bonds. The lowest BCUT2D eigenvalue weighted by Gasteiger charge is -2.29. The minimum Gasteiger partial charge on any atom is -0.309 e. The van der Waals surface area contributed by atoms with Crippen molar-refractivity contribution in [2.75, 3.05) is 9.80 Å². The van der Waals surface area contributed by atoms with E-state index < -0.39 is 0 Å². The Hall–Kier alpha value is -8.72. The van der Waals surface area contributed by atoms with E-state index >= 15 is 0 Å². The average Bonchev–Trinajstić information content (AvgIpc) is 3.59. The lowest BCUT2D eigenvalue weighted by molar-refractivity contribution is 1.30. The van der Waals surface area contributed by atoms with Gasteiger partial charge in [0.1, 0.15) is 0 Å². The summed E-state index contributed by atoms with van der Waals surface area (Å²) in [7, 11) is 0. The molecule has 0 N–H and O–H groups in total. The Balaban J connectivity index is 0.953. The van der Waals surface area contributed by atoms with Gasteiger partial charge in [-0.05, 0) is 137 Å². The molecule has 0 atom stereocenters. The molecule has 2 aliphatic rings. The Bertz CT molecular complexity index is 3560. The van der Waals surface area contributed by atoms with Gasteiger partial charge in [0.05, 0.1) is 22.7 Å². The smallest absolute Gasteiger partial charge is 0.0540 e. The van der Waals surface area contributed by atoms with Crippen LogP contribution in [0.25, 0.3) is 99.1 Å². The van der Waals surface area contributed by atoms with Crippen molar-refractivity contribution in [2.45, 2.75) is 0 Å². The van der Waals surface area contributed by atoms with Crippen molar-refractivity contribution in [3.8, 4) is 66.8 Å². The molecule has 0 fully saturated rings. The van der Waals surface area contributed by atoms with Gasteiger partial charge in [0.15, 0.2) is 0 Å². The van der Waals surface area contributed by atoms with Crippen LogP contribution in [0.3, 0.4) is 0 Å². The lowest BCUT2D eigenvalue weighted by Crippen LogP contribution is -2.11. The molecule has 0 aromatic heterocycles. The first-order valence-electron chi connectivity index (χ1n) is 22.8. The largest absolute Gasteiger partial charge is 0.309 e. The molecule has 0 radical (unpaired) electrons. The molecule has 0 aliphatic carbocycles. The Morgan fingerprint density at radius 2 is 0.500 bits per heavy atom. The lowest BCUT2D eigenvalue weighted by atomic mass is 9.92. The van der Waals surface area contributed by atoms with E-state index in [1.165, 1.54) is 122 Å². The number of hydrogen-bond donors (Lipinski definition) is 0. The van der Waals surface area contributed by atoms with E-state index in [0.29, 0.717) is 0 Å². The van der Waals surface area contributed by atoms with Crippen LogP contribution >= 0.6 is 0 Å². The van der Waals surface area contributed by atoms with Gasteiger partial charge in [-0.25, -0.2) is 0 Å². The molecule has 0 bridgehead atoms. The van der Waals surface area contributed by atoms with Crippen molar-refractivity contribution in [1.82, 2.24) is 0 Å². The Morgan fingerprint density at radius 1 is 0.197 bits per heavy atom. The second kappa shape index (κ2) is 14.4. The standard InChI is InChI=1S/C64H40N2/c1-3-15-41(16-4-1)43-31-33-61-57(39-43)53-21-9-7-19-51(53)55-23-11-13-25-59(55)65(61)49-35-45-27-29-47-37-50(38-48-30-28-46(36-49)63(45)64(47)48)66-60-26-14-12-24-56(60)52-20-8-10-22-54(52)58-40-44(32-34-62(58)66)42-17-5-2-6-18-42/h1-40H. The minimum atomic E-state index is 1.14. The fourth-order valence-corrected chi connectivity index (χ4v) is 11.1. The third-order valence-corrected chi connectivity index (χ3v) is 14.0. The van der Waals surface area contributed by atoms with E-state index in [0.717, 1.165) is 11.4 Å². The summed E-state index contributed by atoms with van der Waals surface area (Å²) in [6.07, 6.45) is 0. The van der Waals surface area contributed by atoms with Crippen molar-refractivity contribution in [3.63, 3.8) is 0 Å². The van der Waals surface area contributed by atoms with Crippen LogP contribution < -0.4 is 9.80 Å². The molecular formula is C64H40N2. The summed E-state index contributed by atoms with van der Waals surface area (Å²) in [6, 6.07) is 89.9. The van der Waals surface area contributed by atoms with Crippen molar-refractivity contribution >= 4 is 66.4 Å². The van der Waals surface area contributed by atoms with Gasteiger partial charge in [0, 0.05) is 33.6 Å². The zero-order chi connectivity index (χ0) is 43.3. The molecule has 66 heavy (non-hydrogen) atoms. The molecule has 0 unspecified atom stereocenters. The van der Waals surface area contributed by atoms with E-state index in [2.05, 4.69) is 252 Å². The van der Waals surface area contributed by atoms with Crippen LogP contribution in [0.5, 0.6) is 0 Å². The first-order valence-corrected chi connectivity index (χ1v) is 22.8. The van der Waals surface area contributed by atoms with Crippen LogP contribution in [0, 0.1) is 0 Å². The quantitative estimate of drug-likeness (QED) is 0.163. The first kappa shape index (κ1) is 36.7. The molecule has 2 aliphatic heterocycles. The summed E-state index contributed by atoms with van der Waals surface area (Å²) < 4.78 is 0. The summed E-state index contributed by atoms with van der Waals surface area (Å²) in [4.78, 5) is 4.98. The number of anilines is 6. The Kier molecular flexibility index (Phi) is 8.02. The second-order valence-corrected chi connectivity index (χ2v) is 17.7. The maximum Gasteiger partial charge on any atom is 0.0540 e. The summed E-state index contributed by atoms with van der Waals surface area (Å²) in [6.45, 7) is 0. The number of para-hydroxylation sites is 2. The predicted octanol–water partition coefficient (Wildman–Crippen LogP) is 18.2. The highest BCUT2D eigenvalue weighted by molar-refractivity contribution is 6.25. The molecule has 12 aromatic carbocycles. The highest BCUT2D eigenvalue weighted by Crippen LogP contribution is 2.55. The number of nitrogens with zero attached hydrogens (tertiary/aromatic N) is 2. The Labute approximate surface area is 383 Å². The van der Waals surface area contributed by atoms with Gasteiger partial charge in [-0.3, -0.25) is 0 Å². The van der Waals surface area contributed by atoms with Gasteiger partial charge < -0.3 is 9.80 Å². The van der Waals surface area contributed by atoms with Crippen molar-refractivity contribution in [2.24, 2.45) is 0 Å². The molecule has 2 heterocycles. The topological polar surface area (TPSA) is 6.48 Å². The molecule has 0 saturated heterocycles. The van der Waals surface area contributed by atoms with Gasteiger partial charge in [-0.15, -0.1) is 0 Å². The van der Waals surface area contributed by atoms with Crippen LogP contribution in [-0.4, -0.2) is 0 Å². The third-order valence-electron chi connectivity index (χ3n) is 14.0. The predicted molar refractivity (Wildman–Crippen MR) is 279 cm³/mol. The van der Waals surface area contributed by atoms with Crippen LogP contribution in [0.4, 0.5) is 34.1 Å². The molecular weight excluding hydrogens is 797 g/mol. The van der Waals surface area contributed by atoms with Crippen molar-refractivity contribution in [1.29, 1.82) is 0 Å². The van der Waals surface area contributed by atoms with Crippen molar-refractivity contribution in [3.05, 3.63) is 243 Å². The summed E-state index contributed by atoms with van der Waals surface area (Å²) in [5.41, 5.74) is 21.6. The molecule has 2 nitrogen and oxygen atoms in total. The fourth-order valence-electron chi connectivity index (χ4n) is 11.1. The van der Waals surface area contributed by atoms with Crippen LogP contribution in [0.1, 0.15) is 0 Å². The highest BCUT2D eigenvalue weighted by atomic mass is 15.2. The third kappa shape index (κ3) is 5.55. The minimum absolute atomic E-state index is 1.14. The van der Waals surface area contributed by atoms with E-state index in [9.17, 15) is 0 Å². The second-order valence-electron chi connectivity index (χ2n) is 17.7. The van der Waals surface area contributed by atoms with E-state index in [-0.39, 0.29) is 0 Å². The maximum absolute atomic E-state index is 2.49. The number of hydrogen-bond acceptors (Lipinski definition) is 2. The SMILES string of the molecule is c1ccc(-c2ccc3c(c2)-c2ccccc2-c2ccccc2N3c2cc3ccc4cc(N5c6ccccc6-c6ccccc6-c6cc(-c7ccccc7)ccc65)cc5ccc(c2)c3c45)cc1. The average molecular weight is 837 g/mol. The molecule has 0 spiro atoms. The number of fused-ring (bicyclic) bond motifs is 10. The highest BCUT2D eigenvalue weighted by Gasteiger charge is 2.29. The van der Waals surface area contributed by atoms with Gasteiger partial charge >= 0.3 is 0 Å². The maximum atomic E-state index is 2.49. The van der Waals surface area contributed by atoms with Gasteiger partial charge in [0.25, 0.3) is 0 Å². The van der Waals surface area contributed by atoms with Gasteiger partial charge in [-0.2, -0.15) is 0 Å². The number of benzene rings is 12. The fraction of sp³-hybridized carbons (Fsp3) is 0. The number of rotatable bonds is 4. The molecule has 14 rings (SSSR count). The Morgan fingerprint density at radius 3 is 0.879 bits per heavy atom. The molecule has 12 aromatic rings. The molecule has 0 saturated carbocycles. The van der Waals surface area contributed by atoms with Gasteiger partial charge in [-0.1, -0.05) is 182 Å². The van der Waals surface area contributed by atoms with E-state index in [1.54, 1.807) is 0 Å². The van der Waals surface area contributed by atoms with Crippen molar-refractivity contribution < 1.29 is 0 Å². The molecule has 306 valence electrons. The monoisotopic (exact) mass is 836 g/mol. The van der Waals surface area contributed by atoms with E-state index in [4.69, 9.17) is 0 Å². The normalized spacial score (nSPS) is 12.5. The summed E-state index contributed by atoms with van der Waals surface area (Å²) in [5.74, 6) is 0. The zero-order valence-corrected chi connectivity index (χ0v) is 36.0. The molecule has 2 heteroatoms. The zero-order valence-electron chi connectivity index (χ0n) is 36.0. The summed E-state index contributed by atoms with van der Waals surface area (Å²) in [5, 5.41) is 7.49. The van der Waals surface area contributed by atoms with E-state index in [1.807, 2.05) is 0 Å².